The van der Waals surface area contributed by atoms with Crippen molar-refractivity contribution in [3.05, 3.63) is 71.3 Å². The van der Waals surface area contributed by atoms with Crippen LogP contribution in [0.15, 0.2) is 54.6 Å². The summed E-state index contributed by atoms with van der Waals surface area (Å²) in [5.41, 5.74) is 2.05. The number of ether oxygens (including phenoxy) is 2. The van der Waals surface area contributed by atoms with Crippen molar-refractivity contribution in [3.8, 4) is 6.07 Å². The van der Waals surface area contributed by atoms with E-state index in [9.17, 15) is 4.79 Å². The fourth-order valence-corrected chi connectivity index (χ4v) is 3.64. The highest BCUT2D eigenvalue weighted by atomic mass is 16.6. The summed E-state index contributed by atoms with van der Waals surface area (Å²) in [5, 5.41) is 9.11. The van der Waals surface area contributed by atoms with Gasteiger partial charge in [0.1, 0.15) is 5.60 Å². The number of amides is 1. The predicted molar refractivity (Wildman–Crippen MR) is 111 cm³/mol. The molecule has 152 valence electrons. The Hall–Kier alpha value is -2.84. The highest BCUT2D eigenvalue weighted by Gasteiger charge is 2.38. The van der Waals surface area contributed by atoms with Crippen LogP contribution in [0.4, 0.5) is 4.79 Å². The first kappa shape index (κ1) is 20.9. The van der Waals surface area contributed by atoms with E-state index in [2.05, 4.69) is 6.07 Å². The van der Waals surface area contributed by atoms with Gasteiger partial charge in [-0.15, -0.1) is 0 Å². The third kappa shape index (κ3) is 5.58. The Kier molecular flexibility index (Phi) is 6.56. The van der Waals surface area contributed by atoms with Crippen LogP contribution in [0.1, 0.15) is 56.3 Å². The van der Waals surface area contributed by atoms with Crippen molar-refractivity contribution < 1.29 is 14.3 Å². The molecule has 0 radical (unpaired) electrons. The zero-order valence-corrected chi connectivity index (χ0v) is 17.3. The van der Waals surface area contributed by atoms with Gasteiger partial charge in [-0.1, -0.05) is 42.5 Å². The van der Waals surface area contributed by atoms with E-state index in [1.807, 2.05) is 69.3 Å². The Balaban J connectivity index is 1.82. The Bertz CT molecular complexity index is 868. The van der Waals surface area contributed by atoms with Crippen LogP contribution in [0.5, 0.6) is 0 Å². The SMILES string of the molecule is CC(C)(C)OC(=O)N1CCC[C@@H](OCc2cccc(C#N)c2)[C@H]1c1ccccc1. The van der Waals surface area contributed by atoms with Crippen molar-refractivity contribution >= 4 is 6.09 Å². The summed E-state index contributed by atoms with van der Waals surface area (Å²) in [4.78, 5) is 14.7. The molecule has 0 aromatic heterocycles. The van der Waals surface area contributed by atoms with E-state index in [0.717, 1.165) is 24.0 Å². The van der Waals surface area contributed by atoms with Gasteiger partial charge in [-0.05, 0) is 56.9 Å². The Morgan fingerprint density at radius 3 is 2.62 bits per heavy atom. The van der Waals surface area contributed by atoms with Crippen LogP contribution >= 0.6 is 0 Å². The van der Waals surface area contributed by atoms with Gasteiger partial charge in [0.2, 0.25) is 0 Å². The van der Waals surface area contributed by atoms with Crippen LogP contribution in [0.2, 0.25) is 0 Å². The number of benzene rings is 2. The average Bonchev–Trinajstić information content (AvgIpc) is 2.71. The van der Waals surface area contributed by atoms with Gasteiger partial charge in [0.05, 0.1) is 30.4 Å². The summed E-state index contributed by atoms with van der Waals surface area (Å²) in [6.45, 7) is 6.66. The monoisotopic (exact) mass is 392 g/mol. The molecule has 1 fully saturated rings. The first-order valence-corrected chi connectivity index (χ1v) is 10.0. The quantitative estimate of drug-likeness (QED) is 0.716. The molecular weight excluding hydrogens is 364 g/mol. The Morgan fingerprint density at radius 1 is 1.17 bits per heavy atom. The molecule has 1 saturated heterocycles. The van der Waals surface area contributed by atoms with E-state index in [-0.39, 0.29) is 18.2 Å². The molecule has 1 aliphatic heterocycles. The maximum Gasteiger partial charge on any atom is 0.410 e. The molecule has 2 atom stereocenters. The summed E-state index contributed by atoms with van der Waals surface area (Å²) in [6.07, 6.45) is 1.25. The molecule has 3 rings (SSSR count). The molecule has 0 aliphatic carbocycles. The number of rotatable bonds is 4. The summed E-state index contributed by atoms with van der Waals surface area (Å²) in [7, 11) is 0. The van der Waals surface area contributed by atoms with Gasteiger partial charge >= 0.3 is 6.09 Å². The summed E-state index contributed by atoms with van der Waals surface area (Å²) < 4.78 is 12.0. The fourth-order valence-electron chi connectivity index (χ4n) is 3.64. The molecule has 2 aromatic carbocycles. The topological polar surface area (TPSA) is 62.6 Å². The molecule has 29 heavy (non-hydrogen) atoms. The van der Waals surface area contributed by atoms with E-state index < -0.39 is 5.60 Å². The molecule has 5 heteroatoms. The largest absolute Gasteiger partial charge is 0.444 e. The number of carbonyl (C=O) groups is 1. The fraction of sp³-hybridized carbons (Fsp3) is 0.417. The van der Waals surface area contributed by atoms with Gasteiger partial charge in [0, 0.05) is 6.54 Å². The van der Waals surface area contributed by atoms with E-state index in [1.165, 1.54) is 0 Å². The third-order valence-corrected chi connectivity index (χ3v) is 4.86. The lowest BCUT2D eigenvalue weighted by Gasteiger charge is -2.41. The summed E-state index contributed by atoms with van der Waals surface area (Å²) in [6, 6.07) is 19.4. The zero-order valence-electron chi connectivity index (χ0n) is 17.3. The average molecular weight is 392 g/mol. The number of hydrogen-bond acceptors (Lipinski definition) is 4. The van der Waals surface area contributed by atoms with Crippen molar-refractivity contribution in [1.29, 1.82) is 5.26 Å². The lowest BCUT2D eigenvalue weighted by Crippen LogP contribution is -2.47. The van der Waals surface area contributed by atoms with Crippen molar-refractivity contribution in [2.45, 2.75) is 58.0 Å². The van der Waals surface area contributed by atoms with Crippen LogP contribution in [0.25, 0.3) is 0 Å². The second-order valence-corrected chi connectivity index (χ2v) is 8.33. The van der Waals surface area contributed by atoms with Crippen LogP contribution in [0, 0.1) is 11.3 Å². The molecule has 2 aromatic rings. The maximum absolute atomic E-state index is 12.9. The second kappa shape index (κ2) is 9.11. The van der Waals surface area contributed by atoms with Crippen LogP contribution < -0.4 is 0 Å². The van der Waals surface area contributed by atoms with Gasteiger partial charge in [0.25, 0.3) is 0 Å². The van der Waals surface area contributed by atoms with E-state index >= 15 is 0 Å². The molecule has 0 N–H and O–H groups in total. The zero-order chi connectivity index (χ0) is 20.9. The maximum atomic E-state index is 12.9. The van der Waals surface area contributed by atoms with Crippen LogP contribution in [-0.2, 0) is 16.1 Å². The minimum atomic E-state index is -0.552. The standard InChI is InChI=1S/C24H28N2O3/c1-24(2,3)29-23(27)26-14-8-13-21(22(26)20-11-5-4-6-12-20)28-17-19-10-7-9-18(15-19)16-25/h4-7,9-12,15,21-22H,8,13-14,17H2,1-3H3/t21-,22-/m1/s1. The van der Waals surface area contributed by atoms with Crippen LogP contribution in [-0.4, -0.2) is 29.2 Å². The van der Waals surface area contributed by atoms with Crippen molar-refractivity contribution in [3.63, 3.8) is 0 Å². The second-order valence-electron chi connectivity index (χ2n) is 8.33. The number of nitriles is 1. The van der Waals surface area contributed by atoms with Gasteiger partial charge in [-0.3, -0.25) is 4.90 Å². The Morgan fingerprint density at radius 2 is 1.93 bits per heavy atom. The first-order chi connectivity index (χ1) is 13.9. The normalized spacial score (nSPS) is 19.4. The summed E-state index contributed by atoms with van der Waals surface area (Å²) in [5.74, 6) is 0. The molecular formula is C24H28N2O3. The van der Waals surface area contributed by atoms with Crippen LogP contribution in [0.3, 0.4) is 0 Å². The van der Waals surface area contributed by atoms with Gasteiger partial charge in [-0.2, -0.15) is 5.26 Å². The Labute approximate surface area is 172 Å². The smallest absolute Gasteiger partial charge is 0.410 e. The van der Waals surface area contributed by atoms with Gasteiger partial charge in [-0.25, -0.2) is 4.79 Å². The van der Waals surface area contributed by atoms with Crippen molar-refractivity contribution in [2.24, 2.45) is 0 Å². The highest BCUT2D eigenvalue weighted by molar-refractivity contribution is 5.69. The van der Waals surface area contributed by atoms with E-state index in [4.69, 9.17) is 14.7 Å². The van der Waals surface area contributed by atoms with E-state index in [0.29, 0.717) is 18.7 Å². The number of likely N-dealkylation sites (tertiary alicyclic amines) is 1. The van der Waals surface area contributed by atoms with Gasteiger partial charge < -0.3 is 9.47 Å². The highest BCUT2D eigenvalue weighted by Crippen LogP contribution is 2.35. The number of piperidine rings is 1. The lowest BCUT2D eigenvalue weighted by atomic mass is 9.92. The van der Waals surface area contributed by atoms with Crippen molar-refractivity contribution in [2.75, 3.05) is 6.54 Å². The minimum absolute atomic E-state index is 0.149. The molecule has 0 bridgehead atoms. The molecule has 5 nitrogen and oxygen atoms in total. The van der Waals surface area contributed by atoms with Gasteiger partial charge in [0.15, 0.2) is 0 Å². The molecule has 1 amide bonds. The number of nitrogens with zero attached hydrogens (tertiary/aromatic N) is 2. The molecule has 1 aliphatic rings. The third-order valence-electron chi connectivity index (χ3n) is 4.86. The number of carbonyl (C=O) groups excluding carboxylic acids is 1. The van der Waals surface area contributed by atoms with E-state index in [1.54, 1.807) is 11.0 Å². The number of hydrogen-bond donors (Lipinski definition) is 0. The summed E-state index contributed by atoms with van der Waals surface area (Å²) >= 11 is 0. The lowest BCUT2D eigenvalue weighted by molar-refractivity contribution is -0.0600. The predicted octanol–water partition coefficient (Wildman–Crippen LogP) is 5.22. The molecule has 0 spiro atoms. The minimum Gasteiger partial charge on any atom is -0.444 e. The first-order valence-electron chi connectivity index (χ1n) is 10.0. The molecule has 1 heterocycles. The van der Waals surface area contributed by atoms with Crippen molar-refractivity contribution in [1.82, 2.24) is 4.90 Å². The molecule has 0 unspecified atom stereocenters. The molecule has 0 saturated carbocycles.